The minimum absolute atomic E-state index is 0.0353. The summed E-state index contributed by atoms with van der Waals surface area (Å²) in [7, 11) is 0. The van der Waals surface area contributed by atoms with Crippen molar-refractivity contribution in [2.75, 3.05) is 19.7 Å². The molecule has 2 amide bonds. The van der Waals surface area contributed by atoms with Crippen LogP contribution in [0.1, 0.15) is 44.0 Å². The topological polar surface area (TPSA) is 84.4 Å². The van der Waals surface area contributed by atoms with E-state index in [1.807, 2.05) is 11.8 Å². The van der Waals surface area contributed by atoms with Gasteiger partial charge in [0.15, 0.2) is 0 Å². The summed E-state index contributed by atoms with van der Waals surface area (Å²) in [5, 5.41) is 3.01. The number of nitrogens with zero attached hydrogens (tertiary/aromatic N) is 3. The molecule has 2 saturated heterocycles. The van der Waals surface area contributed by atoms with Gasteiger partial charge in [-0.15, -0.1) is 0 Å². The van der Waals surface area contributed by atoms with E-state index in [0.717, 1.165) is 30.7 Å². The van der Waals surface area contributed by atoms with Gasteiger partial charge in [0.25, 0.3) is 0 Å². The third-order valence-corrected chi connectivity index (χ3v) is 6.37. The Morgan fingerprint density at radius 3 is 2.85 bits per heavy atom. The quantitative estimate of drug-likeness (QED) is 0.865. The summed E-state index contributed by atoms with van der Waals surface area (Å²) in [4.78, 5) is 36.4. The highest BCUT2D eigenvalue weighted by molar-refractivity contribution is 5.86. The molecule has 0 unspecified atom stereocenters. The second-order valence-corrected chi connectivity index (χ2v) is 8.42. The van der Waals surface area contributed by atoms with Crippen molar-refractivity contribution in [3.8, 4) is 0 Å². The van der Waals surface area contributed by atoms with Crippen LogP contribution in [0, 0.1) is 24.2 Å². The Kier molecular flexibility index (Phi) is 4.88. The first-order chi connectivity index (χ1) is 13.0. The van der Waals surface area contributed by atoms with Gasteiger partial charge in [-0.3, -0.25) is 19.6 Å². The molecule has 7 heteroatoms. The van der Waals surface area contributed by atoms with Gasteiger partial charge in [-0.25, -0.2) is 0 Å². The molecule has 3 heterocycles. The number of amides is 2. The largest absolute Gasteiger partial charge is 0.377 e. The molecule has 0 radical (unpaired) electrons. The fourth-order valence-corrected chi connectivity index (χ4v) is 4.68. The van der Waals surface area contributed by atoms with E-state index < -0.39 is 5.41 Å². The predicted octanol–water partition coefficient (Wildman–Crippen LogP) is 1.45. The van der Waals surface area contributed by atoms with Crippen molar-refractivity contribution in [2.45, 2.75) is 52.2 Å². The zero-order valence-corrected chi connectivity index (χ0v) is 16.1. The molecule has 1 saturated carbocycles. The van der Waals surface area contributed by atoms with Crippen LogP contribution in [0.3, 0.4) is 0 Å². The monoisotopic (exact) mass is 372 g/mol. The number of carbonyl (C=O) groups excluding carboxylic acids is 2. The molecule has 7 nitrogen and oxygen atoms in total. The van der Waals surface area contributed by atoms with Crippen molar-refractivity contribution in [3.05, 3.63) is 23.8 Å². The summed E-state index contributed by atoms with van der Waals surface area (Å²) in [6, 6.07) is 0. The van der Waals surface area contributed by atoms with Gasteiger partial charge in [0.2, 0.25) is 11.8 Å². The van der Waals surface area contributed by atoms with Gasteiger partial charge < -0.3 is 15.0 Å². The van der Waals surface area contributed by atoms with Crippen molar-refractivity contribution in [1.29, 1.82) is 0 Å². The molecule has 1 aliphatic carbocycles. The van der Waals surface area contributed by atoms with Gasteiger partial charge in [0, 0.05) is 31.8 Å². The zero-order valence-electron chi connectivity index (χ0n) is 16.1. The molecule has 146 valence electrons. The smallest absolute Gasteiger partial charge is 0.231 e. The van der Waals surface area contributed by atoms with Gasteiger partial charge in [0.05, 0.1) is 35.6 Å². The number of rotatable bonds is 4. The van der Waals surface area contributed by atoms with Gasteiger partial charge in [-0.05, 0) is 38.5 Å². The standard InChI is InChI=1S/C20H28N4O3/c1-13-7-15(8-13)18(25)24-5-3-17-20(12-24,4-6-27-17)19(26)23-11-16-10-21-14(2)9-22-16/h9-10,13,15,17H,3-8,11-12H2,1-2H3,(H,23,26)/t13?,15?,17-,20-/m1/s1. The van der Waals surface area contributed by atoms with Crippen LogP contribution in [0.4, 0.5) is 0 Å². The van der Waals surface area contributed by atoms with E-state index >= 15 is 0 Å². The Morgan fingerprint density at radius 1 is 1.33 bits per heavy atom. The van der Waals surface area contributed by atoms with Crippen LogP contribution in [0.2, 0.25) is 0 Å². The normalized spacial score (nSPS) is 32.5. The number of nitrogens with one attached hydrogen (secondary N) is 1. The molecule has 3 fully saturated rings. The van der Waals surface area contributed by atoms with E-state index in [0.29, 0.717) is 38.6 Å². The van der Waals surface area contributed by atoms with Gasteiger partial charge in [-0.2, -0.15) is 0 Å². The molecular weight excluding hydrogens is 344 g/mol. The number of aromatic nitrogens is 2. The SMILES string of the molecule is Cc1cnc(CNC(=O)[C@@]23CCO[C@@H]2CCN(C(=O)C2CC(C)C2)C3)cn1. The lowest BCUT2D eigenvalue weighted by atomic mass is 9.72. The fourth-order valence-electron chi connectivity index (χ4n) is 4.68. The molecule has 0 bridgehead atoms. The number of carbonyl (C=O) groups is 2. The van der Waals surface area contributed by atoms with Crippen molar-refractivity contribution in [1.82, 2.24) is 20.2 Å². The van der Waals surface area contributed by atoms with Crippen molar-refractivity contribution < 1.29 is 14.3 Å². The van der Waals surface area contributed by atoms with Crippen LogP contribution < -0.4 is 5.32 Å². The van der Waals surface area contributed by atoms with Crippen molar-refractivity contribution in [3.63, 3.8) is 0 Å². The van der Waals surface area contributed by atoms with Crippen LogP contribution >= 0.6 is 0 Å². The number of ether oxygens (including phenoxy) is 1. The minimum Gasteiger partial charge on any atom is -0.377 e. The van der Waals surface area contributed by atoms with Crippen LogP contribution in [-0.2, 0) is 20.9 Å². The summed E-state index contributed by atoms with van der Waals surface area (Å²) in [5.41, 5.74) is 0.939. The first-order valence-electron chi connectivity index (χ1n) is 9.94. The van der Waals surface area contributed by atoms with Crippen LogP contribution in [0.25, 0.3) is 0 Å². The second kappa shape index (κ2) is 7.19. The minimum atomic E-state index is -0.638. The van der Waals surface area contributed by atoms with Crippen LogP contribution in [-0.4, -0.2) is 52.5 Å². The van der Waals surface area contributed by atoms with Gasteiger partial charge in [0.1, 0.15) is 0 Å². The molecule has 4 rings (SSSR count). The summed E-state index contributed by atoms with van der Waals surface area (Å²) in [5.74, 6) is 0.961. The average Bonchev–Trinajstić information content (AvgIpc) is 3.08. The Morgan fingerprint density at radius 2 is 2.15 bits per heavy atom. The van der Waals surface area contributed by atoms with Crippen molar-refractivity contribution >= 4 is 11.8 Å². The zero-order chi connectivity index (χ0) is 19.0. The highest BCUT2D eigenvalue weighted by atomic mass is 16.5. The van der Waals surface area contributed by atoms with Gasteiger partial charge in [-0.1, -0.05) is 6.92 Å². The highest BCUT2D eigenvalue weighted by Gasteiger charge is 2.54. The summed E-state index contributed by atoms with van der Waals surface area (Å²) >= 11 is 0. The number of fused-ring (bicyclic) bond motifs is 1. The summed E-state index contributed by atoms with van der Waals surface area (Å²) < 4.78 is 5.87. The number of likely N-dealkylation sites (tertiary alicyclic amines) is 1. The first kappa shape index (κ1) is 18.3. The number of aryl methyl sites for hydroxylation is 1. The lowest BCUT2D eigenvalue weighted by molar-refractivity contribution is -0.151. The maximum absolute atomic E-state index is 13.1. The lowest BCUT2D eigenvalue weighted by Crippen LogP contribution is -2.59. The van der Waals surface area contributed by atoms with E-state index in [9.17, 15) is 9.59 Å². The molecule has 1 N–H and O–H groups in total. The molecule has 2 aliphatic heterocycles. The maximum Gasteiger partial charge on any atom is 0.231 e. The molecule has 3 aliphatic rings. The van der Waals surface area contributed by atoms with Crippen LogP contribution in [0.5, 0.6) is 0 Å². The third kappa shape index (κ3) is 3.45. The molecule has 27 heavy (non-hydrogen) atoms. The molecule has 2 atom stereocenters. The average molecular weight is 372 g/mol. The Hall–Kier alpha value is -2.02. The van der Waals surface area contributed by atoms with E-state index in [1.54, 1.807) is 12.4 Å². The van der Waals surface area contributed by atoms with E-state index in [4.69, 9.17) is 4.74 Å². The summed E-state index contributed by atoms with van der Waals surface area (Å²) in [6.45, 7) is 6.13. The molecule has 1 aromatic heterocycles. The predicted molar refractivity (Wildman–Crippen MR) is 98.5 cm³/mol. The van der Waals surface area contributed by atoms with Gasteiger partial charge >= 0.3 is 0 Å². The molecule has 1 aromatic rings. The van der Waals surface area contributed by atoms with Crippen molar-refractivity contribution in [2.24, 2.45) is 17.3 Å². The highest BCUT2D eigenvalue weighted by Crippen LogP contribution is 2.43. The number of hydrogen-bond donors (Lipinski definition) is 1. The van der Waals surface area contributed by atoms with E-state index in [2.05, 4.69) is 22.2 Å². The van der Waals surface area contributed by atoms with E-state index in [1.165, 1.54) is 0 Å². The number of piperidine rings is 1. The fraction of sp³-hybridized carbons (Fsp3) is 0.700. The second-order valence-electron chi connectivity index (χ2n) is 8.42. The Balaban J connectivity index is 1.43. The molecule has 0 spiro atoms. The Labute approximate surface area is 159 Å². The maximum atomic E-state index is 13.1. The molecule has 0 aromatic carbocycles. The summed E-state index contributed by atoms with van der Waals surface area (Å²) in [6.07, 6.45) is 6.61. The lowest BCUT2D eigenvalue weighted by Gasteiger charge is -2.45. The number of hydrogen-bond acceptors (Lipinski definition) is 5. The third-order valence-electron chi connectivity index (χ3n) is 6.37. The molecular formula is C20H28N4O3. The Bertz CT molecular complexity index is 716. The van der Waals surface area contributed by atoms with Crippen LogP contribution in [0.15, 0.2) is 12.4 Å². The van der Waals surface area contributed by atoms with E-state index in [-0.39, 0.29) is 23.8 Å². The first-order valence-corrected chi connectivity index (χ1v) is 9.94.